The van der Waals surface area contributed by atoms with Gasteiger partial charge in [-0.15, -0.1) is 0 Å². The number of hydrogen-bond donors (Lipinski definition) is 0. The van der Waals surface area contributed by atoms with Gasteiger partial charge >= 0.3 is 11.4 Å². The fraction of sp³-hybridized carbons (Fsp3) is 0.333. The lowest BCUT2D eigenvalue weighted by atomic mass is 10.2. The zero-order valence-corrected chi connectivity index (χ0v) is 8.59. The van der Waals surface area contributed by atoms with Crippen molar-refractivity contribution in [3.8, 4) is 0 Å². The number of alkyl halides is 3. The minimum atomic E-state index is -3.52. The number of carbonyl (C=O) groups excluding carboxylic acids is 1. The normalized spacial score (nSPS) is 11.2. The molecule has 3 nitrogen and oxygen atoms in total. The summed E-state index contributed by atoms with van der Waals surface area (Å²) in [4.78, 5) is 14.5. The maximum absolute atomic E-state index is 12.5. The first kappa shape index (κ1) is 11.8. The van der Waals surface area contributed by atoms with E-state index in [1.165, 1.54) is 6.07 Å². The molecule has 0 atom stereocenters. The Bertz CT molecular complexity index is 348. The molecule has 0 saturated carbocycles. The van der Waals surface area contributed by atoms with Gasteiger partial charge in [0.2, 0.25) is 0 Å². The van der Waals surface area contributed by atoms with Crippen LogP contribution in [0, 0.1) is 0 Å². The van der Waals surface area contributed by atoms with Gasteiger partial charge in [0, 0.05) is 6.20 Å². The van der Waals surface area contributed by atoms with Crippen LogP contribution in [0.2, 0.25) is 0 Å². The summed E-state index contributed by atoms with van der Waals surface area (Å²) in [5.41, 5.74) is -0.487. The van der Waals surface area contributed by atoms with Crippen LogP contribution in [0.25, 0.3) is 0 Å². The van der Waals surface area contributed by atoms with Crippen LogP contribution in [0.1, 0.15) is 23.0 Å². The van der Waals surface area contributed by atoms with Gasteiger partial charge in [-0.2, -0.15) is 8.78 Å². The molecule has 0 amide bonds. The second-order valence-electron chi connectivity index (χ2n) is 2.65. The molecule has 0 N–H and O–H groups in total. The van der Waals surface area contributed by atoms with E-state index in [9.17, 15) is 13.6 Å². The molecule has 0 fully saturated rings. The Balaban J connectivity index is 2.86. The number of esters is 1. The molecular formula is C9H8ClF2NO2. The average Bonchev–Trinajstić information content (AvgIpc) is 2.17. The quantitative estimate of drug-likeness (QED) is 0.597. The standard InChI is InChI=1S/C9H8ClF2NO2/c1-2-15-8(14)6-3-4-7(13-5-6)9(10,11)12/h3-5H,2H2,1H3. The Hall–Kier alpha value is -1.23. The Morgan fingerprint density at radius 2 is 2.27 bits per heavy atom. The molecule has 0 aliphatic heterocycles. The van der Waals surface area contributed by atoms with Crippen molar-refractivity contribution in [3.05, 3.63) is 29.6 Å². The van der Waals surface area contributed by atoms with Crippen molar-refractivity contribution in [2.24, 2.45) is 0 Å². The smallest absolute Gasteiger partial charge is 0.364 e. The highest BCUT2D eigenvalue weighted by Gasteiger charge is 2.29. The van der Waals surface area contributed by atoms with Gasteiger partial charge in [-0.1, -0.05) is 0 Å². The number of ether oxygens (including phenoxy) is 1. The van der Waals surface area contributed by atoms with Gasteiger partial charge in [0.1, 0.15) is 5.69 Å². The van der Waals surface area contributed by atoms with Crippen molar-refractivity contribution < 1.29 is 18.3 Å². The van der Waals surface area contributed by atoms with Crippen molar-refractivity contribution in [2.45, 2.75) is 12.3 Å². The largest absolute Gasteiger partial charge is 0.462 e. The first-order valence-electron chi connectivity index (χ1n) is 4.15. The van der Waals surface area contributed by atoms with Gasteiger partial charge in [-0.25, -0.2) is 4.79 Å². The first-order valence-corrected chi connectivity index (χ1v) is 4.53. The lowest BCUT2D eigenvalue weighted by molar-refractivity contribution is 0.0524. The monoisotopic (exact) mass is 235 g/mol. The summed E-state index contributed by atoms with van der Waals surface area (Å²) in [5.74, 6) is -0.602. The number of halogens is 3. The summed E-state index contributed by atoms with van der Waals surface area (Å²) in [6.45, 7) is 1.86. The third-order valence-electron chi connectivity index (χ3n) is 1.57. The molecule has 0 aliphatic rings. The van der Waals surface area contributed by atoms with Gasteiger partial charge < -0.3 is 4.74 Å². The van der Waals surface area contributed by atoms with Crippen molar-refractivity contribution in [3.63, 3.8) is 0 Å². The topological polar surface area (TPSA) is 39.2 Å². The second-order valence-corrected chi connectivity index (χ2v) is 3.13. The minimum absolute atomic E-state index is 0.113. The van der Waals surface area contributed by atoms with E-state index in [-0.39, 0.29) is 12.2 Å². The Kier molecular flexibility index (Phi) is 3.57. The molecule has 15 heavy (non-hydrogen) atoms. The molecular weight excluding hydrogens is 228 g/mol. The Morgan fingerprint density at radius 1 is 1.60 bits per heavy atom. The van der Waals surface area contributed by atoms with E-state index < -0.39 is 17.0 Å². The minimum Gasteiger partial charge on any atom is -0.462 e. The van der Waals surface area contributed by atoms with Crippen LogP contribution in [-0.4, -0.2) is 17.6 Å². The van der Waals surface area contributed by atoms with Crippen molar-refractivity contribution >= 4 is 17.6 Å². The molecule has 6 heteroatoms. The second kappa shape index (κ2) is 4.53. The molecule has 0 unspecified atom stereocenters. The van der Waals surface area contributed by atoms with Crippen LogP contribution < -0.4 is 0 Å². The third kappa shape index (κ3) is 3.13. The fourth-order valence-corrected chi connectivity index (χ4v) is 1.01. The molecule has 0 aromatic carbocycles. The van der Waals surface area contributed by atoms with Gasteiger partial charge in [-0.3, -0.25) is 4.98 Å². The fourth-order valence-electron chi connectivity index (χ4n) is 0.897. The zero-order chi connectivity index (χ0) is 11.5. The highest BCUT2D eigenvalue weighted by molar-refractivity contribution is 6.21. The Morgan fingerprint density at radius 3 is 2.67 bits per heavy atom. The van der Waals surface area contributed by atoms with Gasteiger partial charge in [0.05, 0.1) is 12.2 Å². The highest BCUT2D eigenvalue weighted by Crippen LogP contribution is 2.30. The lowest BCUT2D eigenvalue weighted by Crippen LogP contribution is -2.09. The van der Waals surface area contributed by atoms with Crippen molar-refractivity contribution in [1.82, 2.24) is 4.98 Å². The number of pyridine rings is 1. The van der Waals surface area contributed by atoms with Crippen molar-refractivity contribution in [1.29, 1.82) is 0 Å². The maximum Gasteiger partial charge on any atom is 0.364 e. The van der Waals surface area contributed by atoms with Crippen LogP contribution in [0.4, 0.5) is 8.78 Å². The highest BCUT2D eigenvalue weighted by atomic mass is 35.5. The lowest BCUT2D eigenvalue weighted by Gasteiger charge is -2.07. The van der Waals surface area contributed by atoms with Crippen LogP contribution in [-0.2, 0) is 10.1 Å². The van der Waals surface area contributed by atoms with E-state index in [2.05, 4.69) is 9.72 Å². The molecule has 0 saturated heterocycles. The summed E-state index contributed by atoms with van der Waals surface area (Å²) in [6, 6.07) is 2.18. The molecule has 1 heterocycles. The van der Waals surface area contributed by atoms with Crippen molar-refractivity contribution in [2.75, 3.05) is 6.61 Å². The van der Waals surface area contributed by atoms with Gasteiger partial charge in [-0.05, 0) is 30.7 Å². The van der Waals surface area contributed by atoms with Gasteiger partial charge in [0.15, 0.2) is 0 Å². The maximum atomic E-state index is 12.5. The summed E-state index contributed by atoms with van der Waals surface area (Å²) in [7, 11) is 0. The SMILES string of the molecule is CCOC(=O)c1ccc(C(F)(F)Cl)nc1. The summed E-state index contributed by atoms with van der Waals surface area (Å²) >= 11 is 4.74. The number of nitrogens with zero attached hydrogens (tertiary/aromatic N) is 1. The Labute approximate surface area is 90.0 Å². The van der Waals surface area contributed by atoms with Crippen LogP contribution >= 0.6 is 11.6 Å². The van der Waals surface area contributed by atoms with Crippen LogP contribution in [0.3, 0.4) is 0 Å². The summed E-state index contributed by atoms with van der Waals surface area (Å²) in [5, 5.41) is -3.52. The van der Waals surface area contributed by atoms with E-state index in [1.807, 2.05) is 0 Å². The first-order chi connectivity index (χ1) is 6.95. The molecule has 0 aliphatic carbocycles. The molecule has 1 aromatic rings. The molecule has 1 aromatic heterocycles. The van der Waals surface area contributed by atoms with Crippen LogP contribution in [0.15, 0.2) is 18.3 Å². The molecule has 0 radical (unpaired) electrons. The number of carbonyl (C=O) groups is 1. The number of rotatable bonds is 3. The average molecular weight is 236 g/mol. The van der Waals surface area contributed by atoms with E-state index in [0.29, 0.717) is 0 Å². The van der Waals surface area contributed by atoms with Crippen LogP contribution in [0.5, 0.6) is 0 Å². The van der Waals surface area contributed by atoms with E-state index >= 15 is 0 Å². The van der Waals surface area contributed by atoms with E-state index in [0.717, 1.165) is 12.3 Å². The zero-order valence-electron chi connectivity index (χ0n) is 7.84. The third-order valence-corrected chi connectivity index (χ3v) is 1.76. The molecule has 82 valence electrons. The molecule has 0 spiro atoms. The van der Waals surface area contributed by atoms with E-state index in [1.54, 1.807) is 6.92 Å². The number of aromatic nitrogens is 1. The summed E-state index contributed by atoms with van der Waals surface area (Å²) < 4.78 is 29.7. The molecule has 1 rings (SSSR count). The predicted molar refractivity (Wildman–Crippen MR) is 49.9 cm³/mol. The predicted octanol–water partition coefficient (Wildman–Crippen LogP) is 2.55. The van der Waals surface area contributed by atoms with E-state index in [4.69, 9.17) is 11.6 Å². The van der Waals surface area contributed by atoms with Gasteiger partial charge in [0.25, 0.3) is 0 Å². The number of hydrogen-bond acceptors (Lipinski definition) is 3. The summed E-state index contributed by atoms with van der Waals surface area (Å²) in [6.07, 6.45) is 1.00. The molecule has 0 bridgehead atoms.